The van der Waals surface area contributed by atoms with Crippen molar-refractivity contribution in [1.82, 2.24) is 15.0 Å². The van der Waals surface area contributed by atoms with Crippen molar-refractivity contribution in [3.05, 3.63) is 30.0 Å². The van der Waals surface area contributed by atoms with E-state index in [9.17, 15) is 5.26 Å². The summed E-state index contributed by atoms with van der Waals surface area (Å²) in [5.74, 6) is 0.759. The molecule has 110 valence electrons. The fraction of sp³-hybridized carbons (Fsp3) is 0.438. The van der Waals surface area contributed by atoms with Crippen LogP contribution in [-0.4, -0.2) is 22.1 Å². The van der Waals surface area contributed by atoms with Crippen molar-refractivity contribution in [2.75, 3.05) is 7.11 Å². The van der Waals surface area contributed by atoms with E-state index in [1.807, 2.05) is 28.9 Å². The second-order valence-electron chi connectivity index (χ2n) is 4.91. The Bertz CT molecular complexity index is 627. The Balaban J connectivity index is 2.27. The summed E-state index contributed by atoms with van der Waals surface area (Å²) < 4.78 is 7.07. The highest BCUT2D eigenvalue weighted by molar-refractivity contribution is 5.66. The van der Waals surface area contributed by atoms with Crippen LogP contribution in [0.2, 0.25) is 0 Å². The van der Waals surface area contributed by atoms with Gasteiger partial charge in [-0.05, 0) is 18.6 Å². The fourth-order valence-electron chi connectivity index (χ4n) is 2.29. The third-order valence-electron chi connectivity index (χ3n) is 3.41. The van der Waals surface area contributed by atoms with Gasteiger partial charge in [-0.15, -0.1) is 5.10 Å². The average molecular weight is 284 g/mol. The van der Waals surface area contributed by atoms with Crippen LogP contribution in [0.15, 0.2) is 24.3 Å². The van der Waals surface area contributed by atoms with Crippen LogP contribution in [0.1, 0.15) is 38.3 Å². The van der Waals surface area contributed by atoms with E-state index in [4.69, 9.17) is 4.74 Å². The number of aryl methyl sites for hydroxylation is 1. The number of rotatable bonds is 7. The van der Waals surface area contributed by atoms with E-state index >= 15 is 0 Å². The molecule has 0 aliphatic heterocycles. The minimum absolute atomic E-state index is 0.360. The number of aromatic nitrogens is 3. The molecule has 0 saturated heterocycles. The Morgan fingerprint density at radius 3 is 2.86 bits per heavy atom. The van der Waals surface area contributed by atoms with E-state index in [-0.39, 0.29) is 0 Å². The van der Waals surface area contributed by atoms with Gasteiger partial charge in [0.2, 0.25) is 0 Å². The lowest BCUT2D eigenvalue weighted by atomic mass is 10.1. The monoisotopic (exact) mass is 284 g/mol. The van der Waals surface area contributed by atoms with Crippen LogP contribution >= 0.6 is 0 Å². The Hall–Kier alpha value is -2.35. The molecule has 1 heterocycles. The van der Waals surface area contributed by atoms with Crippen molar-refractivity contribution < 1.29 is 4.74 Å². The summed E-state index contributed by atoms with van der Waals surface area (Å²) in [6, 6.07) is 9.76. The molecule has 0 aliphatic rings. The van der Waals surface area contributed by atoms with E-state index in [0.717, 1.165) is 36.4 Å². The van der Waals surface area contributed by atoms with Crippen molar-refractivity contribution in [3.63, 3.8) is 0 Å². The Kier molecular flexibility index (Phi) is 5.33. The lowest BCUT2D eigenvalue weighted by Gasteiger charge is -2.08. The lowest BCUT2D eigenvalue weighted by molar-refractivity contribution is 0.415. The van der Waals surface area contributed by atoms with Crippen LogP contribution < -0.4 is 4.74 Å². The Morgan fingerprint density at radius 2 is 2.14 bits per heavy atom. The van der Waals surface area contributed by atoms with E-state index in [1.54, 1.807) is 7.11 Å². The molecule has 0 saturated carbocycles. The number of methoxy groups -OCH3 is 1. The van der Waals surface area contributed by atoms with Crippen LogP contribution in [0.4, 0.5) is 0 Å². The van der Waals surface area contributed by atoms with Gasteiger partial charge in [0.1, 0.15) is 17.5 Å². The van der Waals surface area contributed by atoms with Gasteiger partial charge < -0.3 is 4.74 Å². The number of benzene rings is 1. The molecule has 0 amide bonds. The summed E-state index contributed by atoms with van der Waals surface area (Å²) in [6.45, 7) is 2.96. The maximum atomic E-state index is 9.23. The molecule has 0 N–H and O–H groups in total. The molecule has 0 fully saturated rings. The van der Waals surface area contributed by atoms with Gasteiger partial charge in [0.25, 0.3) is 0 Å². The molecule has 0 bridgehead atoms. The standard InChI is InChI=1S/C16H20N4O/c1-3-4-5-6-10-20-16(15(12-17)18-19-20)13-8-7-9-14(11-13)21-2/h7-9,11H,3-6,10H2,1-2H3. The molecule has 21 heavy (non-hydrogen) atoms. The van der Waals surface area contributed by atoms with E-state index in [1.165, 1.54) is 12.8 Å². The number of nitriles is 1. The molecule has 0 unspecified atom stereocenters. The SMILES string of the molecule is CCCCCCn1nnc(C#N)c1-c1cccc(OC)c1. The highest BCUT2D eigenvalue weighted by Gasteiger charge is 2.15. The first kappa shape index (κ1) is 15.0. The van der Waals surface area contributed by atoms with Gasteiger partial charge in [-0.2, -0.15) is 5.26 Å². The summed E-state index contributed by atoms with van der Waals surface area (Å²) in [7, 11) is 1.63. The van der Waals surface area contributed by atoms with Crippen molar-refractivity contribution in [3.8, 4) is 23.1 Å². The van der Waals surface area contributed by atoms with Gasteiger partial charge >= 0.3 is 0 Å². The van der Waals surface area contributed by atoms with Gasteiger partial charge in [-0.3, -0.25) is 0 Å². The van der Waals surface area contributed by atoms with Gasteiger partial charge in [-0.25, -0.2) is 4.68 Å². The van der Waals surface area contributed by atoms with Crippen molar-refractivity contribution >= 4 is 0 Å². The molecule has 2 aromatic rings. The summed E-state index contributed by atoms with van der Waals surface area (Å²) in [5, 5.41) is 17.3. The molecule has 0 spiro atoms. The molecule has 1 aromatic heterocycles. The number of nitrogens with zero attached hydrogens (tertiary/aromatic N) is 4. The second-order valence-corrected chi connectivity index (χ2v) is 4.91. The van der Waals surface area contributed by atoms with Gasteiger partial charge in [0.05, 0.1) is 7.11 Å². The molecule has 0 radical (unpaired) electrons. The fourth-order valence-corrected chi connectivity index (χ4v) is 2.29. The van der Waals surface area contributed by atoms with E-state index in [0.29, 0.717) is 5.69 Å². The lowest BCUT2D eigenvalue weighted by Crippen LogP contribution is -2.03. The molecular formula is C16H20N4O. The van der Waals surface area contributed by atoms with Crippen LogP contribution in [0.3, 0.4) is 0 Å². The molecule has 5 nitrogen and oxygen atoms in total. The zero-order chi connectivity index (χ0) is 15.1. The normalized spacial score (nSPS) is 10.3. The van der Waals surface area contributed by atoms with E-state index < -0.39 is 0 Å². The third kappa shape index (κ3) is 3.60. The quantitative estimate of drug-likeness (QED) is 0.731. The predicted octanol–water partition coefficient (Wildman–Crippen LogP) is 3.41. The average Bonchev–Trinajstić information content (AvgIpc) is 2.94. The van der Waals surface area contributed by atoms with Crippen LogP contribution in [0.5, 0.6) is 5.75 Å². The number of hydrogen-bond acceptors (Lipinski definition) is 4. The van der Waals surface area contributed by atoms with E-state index in [2.05, 4.69) is 23.3 Å². The number of ether oxygens (including phenoxy) is 1. The maximum Gasteiger partial charge on any atom is 0.190 e. The molecular weight excluding hydrogens is 264 g/mol. The smallest absolute Gasteiger partial charge is 0.190 e. The summed E-state index contributed by atoms with van der Waals surface area (Å²) in [4.78, 5) is 0. The van der Waals surface area contributed by atoms with Gasteiger partial charge in [0, 0.05) is 12.1 Å². The largest absolute Gasteiger partial charge is 0.497 e. The molecule has 0 aliphatic carbocycles. The minimum atomic E-state index is 0.360. The first-order valence-electron chi connectivity index (χ1n) is 7.28. The van der Waals surface area contributed by atoms with Crippen molar-refractivity contribution in [1.29, 1.82) is 5.26 Å². The zero-order valence-corrected chi connectivity index (χ0v) is 12.5. The maximum absolute atomic E-state index is 9.23. The Morgan fingerprint density at radius 1 is 1.29 bits per heavy atom. The molecule has 1 aromatic carbocycles. The summed E-state index contributed by atoms with van der Waals surface area (Å²) >= 11 is 0. The molecule has 0 atom stereocenters. The summed E-state index contributed by atoms with van der Waals surface area (Å²) in [6.07, 6.45) is 4.62. The zero-order valence-electron chi connectivity index (χ0n) is 12.5. The Labute approximate surface area is 125 Å². The second kappa shape index (κ2) is 7.44. The van der Waals surface area contributed by atoms with Gasteiger partial charge in [-0.1, -0.05) is 43.5 Å². The highest BCUT2D eigenvalue weighted by atomic mass is 16.5. The summed E-state index contributed by atoms with van der Waals surface area (Å²) in [5.41, 5.74) is 2.04. The topological polar surface area (TPSA) is 63.7 Å². The third-order valence-corrected chi connectivity index (χ3v) is 3.41. The highest BCUT2D eigenvalue weighted by Crippen LogP contribution is 2.26. The minimum Gasteiger partial charge on any atom is -0.497 e. The van der Waals surface area contributed by atoms with Crippen molar-refractivity contribution in [2.24, 2.45) is 0 Å². The molecule has 2 rings (SSSR count). The number of hydrogen-bond donors (Lipinski definition) is 0. The van der Waals surface area contributed by atoms with Crippen molar-refractivity contribution in [2.45, 2.75) is 39.2 Å². The first-order valence-corrected chi connectivity index (χ1v) is 7.28. The van der Waals surface area contributed by atoms with Crippen LogP contribution in [0, 0.1) is 11.3 Å². The van der Waals surface area contributed by atoms with Crippen LogP contribution in [0.25, 0.3) is 11.3 Å². The predicted molar refractivity (Wildman–Crippen MR) is 80.9 cm³/mol. The van der Waals surface area contributed by atoms with Crippen LogP contribution in [-0.2, 0) is 6.54 Å². The number of unbranched alkanes of at least 4 members (excludes halogenated alkanes) is 3. The molecule has 5 heteroatoms. The van der Waals surface area contributed by atoms with Gasteiger partial charge in [0.15, 0.2) is 5.69 Å². The first-order chi connectivity index (χ1) is 10.3.